The van der Waals surface area contributed by atoms with Crippen molar-refractivity contribution in [2.45, 2.75) is 32.8 Å². The van der Waals surface area contributed by atoms with E-state index >= 15 is 0 Å². The molecule has 18 heavy (non-hydrogen) atoms. The van der Waals surface area contributed by atoms with Crippen LogP contribution in [0.1, 0.15) is 25.3 Å². The maximum atomic E-state index is 11.3. The van der Waals surface area contributed by atoms with Gasteiger partial charge in [0.15, 0.2) is 0 Å². The minimum atomic E-state index is -0.502. The van der Waals surface area contributed by atoms with Crippen LogP contribution < -0.4 is 10.1 Å². The lowest BCUT2D eigenvalue weighted by Crippen LogP contribution is -2.30. The largest absolute Gasteiger partial charge is 0.494 e. The Labute approximate surface area is 108 Å². The zero-order valence-electron chi connectivity index (χ0n) is 11.0. The highest BCUT2D eigenvalue weighted by molar-refractivity contribution is 5.75. The molecule has 1 aromatic rings. The van der Waals surface area contributed by atoms with E-state index in [0.29, 0.717) is 26.0 Å². The van der Waals surface area contributed by atoms with E-state index in [-0.39, 0.29) is 5.91 Å². The van der Waals surface area contributed by atoms with Crippen molar-refractivity contribution in [1.29, 1.82) is 0 Å². The lowest BCUT2D eigenvalue weighted by Gasteiger charge is -2.08. The highest BCUT2D eigenvalue weighted by Crippen LogP contribution is 2.12. The fraction of sp³-hybridized carbons (Fsp3) is 0.500. The topological polar surface area (TPSA) is 58.6 Å². The summed E-state index contributed by atoms with van der Waals surface area (Å²) in [4.78, 5) is 11.3. The van der Waals surface area contributed by atoms with Crippen molar-refractivity contribution in [1.82, 2.24) is 5.32 Å². The molecule has 0 bridgehead atoms. The van der Waals surface area contributed by atoms with Crippen molar-refractivity contribution in [2.24, 2.45) is 0 Å². The highest BCUT2D eigenvalue weighted by atomic mass is 16.5. The van der Waals surface area contributed by atoms with E-state index < -0.39 is 6.10 Å². The molecule has 1 rings (SSSR count). The average molecular weight is 251 g/mol. The van der Waals surface area contributed by atoms with Crippen LogP contribution in [0.15, 0.2) is 24.3 Å². The molecule has 1 unspecified atom stereocenters. The number of carbonyl (C=O) groups is 1. The molecule has 0 radical (unpaired) electrons. The van der Waals surface area contributed by atoms with Crippen LogP contribution in [0.25, 0.3) is 0 Å². The monoisotopic (exact) mass is 251 g/mol. The first-order valence-electron chi connectivity index (χ1n) is 6.22. The van der Waals surface area contributed by atoms with Gasteiger partial charge in [-0.25, -0.2) is 0 Å². The van der Waals surface area contributed by atoms with Gasteiger partial charge in [0.25, 0.3) is 0 Å². The summed E-state index contributed by atoms with van der Waals surface area (Å²) in [6, 6.07) is 7.82. The van der Waals surface area contributed by atoms with E-state index in [1.807, 2.05) is 31.2 Å². The molecule has 0 aliphatic heterocycles. The zero-order valence-corrected chi connectivity index (χ0v) is 11.0. The number of aliphatic hydroxyl groups is 1. The minimum Gasteiger partial charge on any atom is -0.494 e. The number of hydrogen-bond acceptors (Lipinski definition) is 3. The molecule has 0 saturated carbocycles. The Bertz CT molecular complexity index is 377. The molecule has 2 N–H and O–H groups in total. The van der Waals surface area contributed by atoms with Crippen LogP contribution in [-0.2, 0) is 4.79 Å². The molecule has 4 heteroatoms. The fourth-order valence-electron chi connectivity index (χ4n) is 1.48. The zero-order chi connectivity index (χ0) is 13.4. The van der Waals surface area contributed by atoms with E-state index in [1.54, 1.807) is 6.92 Å². The molecule has 0 spiro atoms. The second kappa shape index (κ2) is 7.71. The van der Waals surface area contributed by atoms with Gasteiger partial charge in [0.05, 0.1) is 12.7 Å². The van der Waals surface area contributed by atoms with Crippen molar-refractivity contribution in [2.75, 3.05) is 13.2 Å². The summed E-state index contributed by atoms with van der Waals surface area (Å²) in [6.45, 7) is 4.47. The summed E-state index contributed by atoms with van der Waals surface area (Å²) in [6.07, 6.45) is 0.579. The predicted molar refractivity (Wildman–Crippen MR) is 70.6 cm³/mol. The van der Waals surface area contributed by atoms with Gasteiger partial charge in [-0.3, -0.25) is 4.79 Å². The molecule has 1 aromatic carbocycles. The molecule has 1 atom stereocenters. The second-order valence-electron chi connectivity index (χ2n) is 4.42. The van der Waals surface area contributed by atoms with E-state index in [9.17, 15) is 4.79 Å². The Kier molecular flexibility index (Phi) is 6.22. The molecular formula is C14H21NO3. The average Bonchev–Trinajstić information content (AvgIpc) is 2.32. The van der Waals surface area contributed by atoms with Crippen LogP contribution in [0.3, 0.4) is 0 Å². The Morgan fingerprint density at radius 2 is 2.28 bits per heavy atom. The summed E-state index contributed by atoms with van der Waals surface area (Å²) in [5.74, 6) is 0.781. The first kappa shape index (κ1) is 14.5. The summed E-state index contributed by atoms with van der Waals surface area (Å²) in [7, 11) is 0. The summed E-state index contributed by atoms with van der Waals surface area (Å²) >= 11 is 0. The van der Waals surface area contributed by atoms with Gasteiger partial charge < -0.3 is 15.2 Å². The first-order valence-corrected chi connectivity index (χ1v) is 6.22. The standard InChI is InChI=1S/C14H21NO3/c1-11-5-3-6-13(9-11)18-8-4-7-14(17)15-10-12(2)16/h3,5-6,9,12,16H,4,7-8,10H2,1-2H3,(H,15,17). The van der Waals surface area contributed by atoms with E-state index in [1.165, 1.54) is 0 Å². The van der Waals surface area contributed by atoms with Crippen molar-refractivity contribution < 1.29 is 14.6 Å². The van der Waals surface area contributed by atoms with Crippen molar-refractivity contribution in [3.63, 3.8) is 0 Å². The smallest absolute Gasteiger partial charge is 0.220 e. The lowest BCUT2D eigenvalue weighted by atomic mass is 10.2. The molecule has 0 saturated heterocycles. The van der Waals surface area contributed by atoms with Gasteiger partial charge in [0.1, 0.15) is 5.75 Å². The first-order chi connectivity index (χ1) is 8.58. The van der Waals surface area contributed by atoms with Crippen LogP contribution >= 0.6 is 0 Å². The van der Waals surface area contributed by atoms with Crippen molar-refractivity contribution in [3.8, 4) is 5.75 Å². The Balaban J connectivity index is 2.13. The predicted octanol–water partition coefficient (Wildman–Crippen LogP) is 1.65. The Morgan fingerprint density at radius 1 is 1.50 bits per heavy atom. The summed E-state index contributed by atoms with van der Waals surface area (Å²) in [5.41, 5.74) is 1.15. The second-order valence-corrected chi connectivity index (χ2v) is 4.42. The number of carbonyl (C=O) groups excluding carboxylic acids is 1. The molecule has 0 aromatic heterocycles. The maximum absolute atomic E-state index is 11.3. The molecule has 0 fully saturated rings. The van der Waals surface area contributed by atoms with Crippen LogP contribution in [0.5, 0.6) is 5.75 Å². The number of ether oxygens (including phenoxy) is 1. The Hall–Kier alpha value is -1.55. The third-order valence-corrected chi connectivity index (χ3v) is 2.40. The molecule has 0 aliphatic rings. The number of hydrogen-bond donors (Lipinski definition) is 2. The Morgan fingerprint density at radius 3 is 2.94 bits per heavy atom. The number of nitrogens with one attached hydrogen (secondary N) is 1. The van der Waals surface area contributed by atoms with Crippen molar-refractivity contribution in [3.05, 3.63) is 29.8 Å². The SMILES string of the molecule is Cc1cccc(OCCCC(=O)NCC(C)O)c1. The van der Waals surface area contributed by atoms with E-state index in [2.05, 4.69) is 5.32 Å². The minimum absolute atomic E-state index is 0.0521. The van der Waals surface area contributed by atoms with E-state index in [4.69, 9.17) is 9.84 Å². The molecule has 100 valence electrons. The summed E-state index contributed by atoms with van der Waals surface area (Å²) in [5, 5.41) is 11.7. The normalized spacial score (nSPS) is 11.9. The molecule has 0 heterocycles. The third-order valence-electron chi connectivity index (χ3n) is 2.40. The molecule has 0 aliphatic carbocycles. The number of aryl methyl sites for hydroxylation is 1. The van der Waals surface area contributed by atoms with Crippen LogP contribution in [0.2, 0.25) is 0 Å². The van der Waals surface area contributed by atoms with Gasteiger partial charge in [-0.2, -0.15) is 0 Å². The molecule has 1 amide bonds. The van der Waals surface area contributed by atoms with Gasteiger partial charge >= 0.3 is 0 Å². The van der Waals surface area contributed by atoms with Crippen LogP contribution in [0.4, 0.5) is 0 Å². The van der Waals surface area contributed by atoms with Gasteiger partial charge in [-0.15, -0.1) is 0 Å². The lowest BCUT2D eigenvalue weighted by molar-refractivity contribution is -0.121. The number of rotatable bonds is 7. The molecular weight excluding hydrogens is 230 g/mol. The summed E-state index contributed by atoms with van der Waals surface area (Å²) < 4.78 is 5.53. The third kappa shape index (κ3) is 6.25. The fourth-order valence-corrected chi connectivity index (χ4v) is 1.48. The highest BCUT2D eigenvalue weighted by Gasteiger charge is 2.03. The van der Waals surface area contributed by atoms with Gasteiger partial charge in [-0.1, -0.05) is 12.1 Å². The van der Waals surface area contributed by atoms with E-state index in [0.717, 1.165) is 11.3 Å². The number of amides is 1. The van der Waals surface area contributed by atoms with Crippen LogP contribution in [-0.4, -0.2) is 30.3 Å². The van der Waals surface area contributed by atoms with Gasteiger partial charge in [0.2, 0.25) is 5.91 Å². The van der Waals surface area contributed by atoms with Crippen LogP contribution in [0, 0.1) is 6.92 Å². The van der Waals surface area contributed by atoms with Gasteiger partial charge in [-0.05, 0) is 38.0 Å². The quantitative estimate of drug-likeness (QED) is 0.724. The number of aliphatic hydroxyl groups excluding tert-OH is 1. The maximum Gasteiger partial charge on any atom is 0.220 e. The molecule has 4 nitrogen and oxygen atoms in total. The van der Waals surface area contributed by atoms with Gasteiger partial charge in [0, 0.05) is 13.0 Å². The number of benzene rings is 1. The van der Waals surface area contributed by atoms with Crippen molar-refractivity contribution >= 4 is 5.91 Å².